The van der Waals surface area contributed by atoms with Gasteiger partial charge in [-0.15, -0.1) is 13.2 Å². The molecule has 3 rings (SSSR count). The molecule has 2 nitrogen and oxygen atoms in total. The van der Waals surface area contributed by atoms with Crippen LogP contribution in [0.15, 0.2) is 30.3 Å². The second kappa shape index (κ2) is 8.15. The second-order valence-corrected chi connectivity index (χ2v) is 6.47. The van der Waals surface area contributed by atoms with Crippen LogP contribution in [0.4, 0.5) is 13.2 Å². The highest BCUT2D eigenvalue weighted by Gasteiger charge is 2.39. The zero-order valence-corrected chi connectivity index (χ0v) is 13.5. The van der Waals surface area contributed by atoms with Crippen LogP contribution >= 0.6 is 0 Å². The van der Waals surface area contributed by atoms with Gasteiger partial charge in [-0.2, -0.15) is 0 Å². The fraction of sp³-hybridized carbons (Fsp3) is 0.667. The summed E-state index contributed by atoms with van der Waals surface area (Å²) in [6, 6.07) is 11.3. The highest BCUT2D eigenvalue weighted by molar-refractivity contribution is 5.25. The number of alkyl halides is 3. The molecule has 5 heteroatoms. The summed E-state index contributed by atoms with van der Waals surface area (Å²) in [7, 11) is 0. The molecule has 2 fully saturated rings. The monoisotopic (exact) mass is 329 g/mol. The standard InChI is InChI=1S/C17H25N.CHF3O/c1-4-10-16(11-5-1)17(12-6-2-7-13-17)18-14-8-3-9-15-18;2-1(3,4)5/h1,4-5,10-11H,2-3,6-9,12-15H2;5H. The van der Waals surface area contributed by atoms with E-state index in [1.165, 1.54) is 64.5 Å². The number of piperidine rings is 1. The van der Waals surface area contributed by atoms with Crippen molar-refractivity contribution in [1.29, 1.82) is 0 Å². The Hall–Kier alpha value is -1.07. The number of hydrogen-bond acceptors (Lipinski definition) is 2. The van der Waals surface area contributed by atoms with Crippen LogP contribution in [-0.4, -0.2) is 29.5 Å². The predicted octanol–water partition coefficient (Wildman–Crippen LogP) is 4.83. The molecule has 1 aliphatic heterocycles. The average Bonchev–Trinajstić information content (AvgIpc) is 2.56. The molecule has 0 aromatic heterocycles. The molecule has 1 saturated carbocycles. The number of rotatable bonds is 2. The molecular weight excluding hydrogens is 303 g/mol. The Morgan fingerprint density at radius 2 is 1.30 bits per heavy atom. The van der Waals surface area contributed by atoms with E-state index >= 15 is 0 Å². The normalized spacial score (nSPS) is 22.1. The van der Waals surface area contributed by atoms with Crippen molar-refractivity contribution in [2.45, 2.75) is 63.3 Å². The molecule has 130 valence electrons. The Kier molecular flexibility index (Phi) is 6.48. The number of hydrogen-bond donors (Lipinski definition) is 1. The van der Waals surface area contributed by atoms with E-state index in [0.29, 0.717) is 5.54 Å². The summed E-state index contributed by atoms with van der Waals surface area (Å²) in [5, 5.41) is 6.52. The van der Waals surface area contributed by atoms with Crippen molar-refractivity contribution in [2.75, 3.05) is 13.1 Å². The lowest BCUT2D eigenvalue weighted by molar-refractivity contribution is -0.295. The maximum absolute atomic E-state index is 9.91. The van der Waals surface area contributed by atoms with Crippen molar-refractivity contribution in [1.82, 2.24) is 4.90 Å². The lowest BCUT2D eigenvalue weighted by Gasteiger charge is -2.48. The minimum atomic E-state index is -5.00. The Bertz CT molecular complexity index is 443. The number of halogens is 3. The van der Waals surface area contributed by atoms with Crippen molar-refractivity contribution < 1.29 is 18.3 Å². The van der Waals surface area contributed by atoms with Gasteiger partial charge in [0.15, 0.2) is 0 Å². The van der Waals surface area contributed by atoms with Gasteiger partial charge >= 0.3 is 6.36 Å². The summed E-state index contributed by atoms with van der Waals surface area (Å²) in [5.74, 6) is 0. The number of nitrogens with zero attached hydrogens (tertiary/aromatic N) is 1. The molecule has 1 saturated heterocycles. The Morgan fingerprint density at radius 3 is 1.83 bits per heavy atom. The van der Waals surface area contributed by atoms with Crippen LogP contribution in [0.25, 0.3) is 0 Å². The largest absolute Gasteiger partial charge is 0.519 e. The van der Waals surface area contributed by atoms with Crippen LogP contribution < -0.4 is 0 Å². The summed E-state index contributed by atoms with van der Waals surface area (Å²) >= 11 is 0. The average molecular weight is 329 g/mol. The topological polar surface area (TPSA) is 23.5 Å². The van der Waals surface area contributed by atoms with E-state index in [1.807, 2.05) is 0 Å². The van der Waals surface area contributed by atoms with Gasteiger partial charge in [-0.05, 0) is 44.3 Å². The fourth-order valence-corrected chi connectivity index (χ4v) is 3.99. The third-order valence-corrected chi connectivity index (χ3v) is 4.95. The first-order chi connectivity index (χ1) is 10.9. The van der Waals surface area contributed by atoms with Gasteiger partial charge in [0.1, 0.15) is 0 Å². The van der Waals surface area contributed by atoms with E-state index in [-0.39, 0.29) is 0 Å². The van der Waals surface area contributed by atoms with Crippen molar-refractivity contribution in [3.8, 4) is 0 Å². The molecule has 1 N–H and O–H groups in total. The maximum atomic E-state index is 9.91. The number of aliphatic hydroxyl groups is 1. The summed E-state index contributed by atoms with van der Waals surface area (Å²) in [6.07, 6.45) is 6.22. The SMILES string of the molecule is OC(F)(F)F.c1ccc(C2(N3CCCCC3)CCCCC2)cc1. The Labute approximate surface area is 136 Å². The van der Waals surface area contributed by atoms with Gasteiger partial charge < -0.3 is 5.11 Å². The van der Waals surface area contributed by atoms with Gasteiger partial charge in [-0.3, -0.25) is 4.90 Å². The molecule has 1 aromatic carbocycles. The van der Waals surface area contributed by atoms with Crippen LogP contribution in [0, 0.1) is 0 Å². The third kappa shape index (κ3) is 5.50. The molecule has 0 bridgehead atoms. The first kappa shape index (κ1) is 18.3. The molecule has 0 radical (unpaired) electrons. The zero-order chi connectivity index (χ0) is 16.8. The molecule has 0 amide bonds. The summed E-state index contributed by atoms with van der Waals surface area (Å²) in [6.45, 7) is 2.63. The van der Waals surface area contributed by atoms with E-state index < -0.39 is 6.36 Å². The molecule has 1 heterocycles. The van der Waals surface area contributed by atoms with E-state index in [2.05, 4.69) is 35.2 Å². The van der Waals surface area contributed by atoms with Crippen molar-refractivity contribution in [3.05, 3.63) is 35.9 Å². The number of likely N-dealkylation sites (tertiary alicyclic amines) is 1. The number of benzene rings is 1. The Morgan fingerprint density at radius 1 is 0.826 bits per heavy atom. The highest BCUT2D eigenvalue weighted by atomic mass is 19.4. The predicted molar refractivity (Wildman–Crippen MR) is 84.9 cm³/mol. The first-order valence-electron chi connectivity index (χ1n) is 8.51. The van der Waals surface area contributed by atoms with Gasteiger partial charge in [-0.25, -0.2) is 0 Å². The van der Waals surface area contributed by atoms with Crippen LogP contribution in [0.2, 0.25) is 0 Å². The van der Waals surface area contributed by atoms with E-state index in [9.17, 15) is 13.2 Å². The molecular formula is C18H26F3NO. The van der Waals surface area contributed by atoms with Crippen molar-refractivity contribution >= 4 is 0 Å². The molecule has 0 spiro atoms. The molecule has 1 aromatic rings. The molecule has 0 unspecified atom stereocenters. The van der Waals surface area contributed by atoms with E-state index in [4.69, 9.17) is 5.11 Å². The zero-order valence-electron chi connectivity index (χ0n) is 13.5. The van der Waals surface area contributed by atoms with Crippen LogP contribution in [0.3, 0.4) is 0 Å². The molecule has 0 atom stereocenters. The lowest BCUT2D eigenvalue weighted by Crippen LogP contribution is -2.49. The minimum absolute atomic E-state index is 0.375. The van der Waals surface area contributed by atoms with Gasteiger partial charge in [0, 0.05) is 5.54 Å². The van der Waals surface area contributed by atoms with Crippen LogP contribution in [0.1, 0.15) is 56.9 Å². The summed E-state index contributed by atoms with van der Waals surface area (Å²) < 4.78 is 29.7. The minimum Gasteiger partial charge on any atom is -0.308 e. The van der Waals surface area contributed by atoms with Crippen molar-refractivity contribution in [3.63, 3.8) is 0 Å². The summed E-state index contributed by atoms with van der Waals surface area (Å²) in [5.41, 5.74) is 1.95. The molecule has 2 aliphatic rings. The highest BCUT2D eigenvalue weighted by Crippen LogP contribution is 2.43. The van der Waals surface area contributed by atoms with Gasteiger partial charge in [0.05, 0.1) is 0 Å². The summed E-state index contributed by atoms with van der Waals surface area (Å²) in [4.78, 5) is 2.81. The van der Waals surface area contributed by atoms with Crippen molar-refractivity contribution in [2.24, 2.45) is 0 Å². The third-order valence-electron chi connectivity index (χ3n) is 4.95. The molecule has 23 heavy (non-hydrogen) atoms. The van der Waals surface area contributed by atoms with Gasteiger partial charge in [0.25, 0.3) is 0 Å². The maximum Gasteiger partial charge on any atom is 0.519 e. The quantitative estimate of drug-likeness (QED) is 0.840. The lowest BCUT2D eigenvalue weighted by atomic mass is 9.74. The van der Waals surface area contributed by atoms with E-state index in [1.54, 1.807) is 5.56 Å². The van der Waals surface area contributed by atoms with Crippen LogP contribution in [0.5, 0.6) is 0 Å². The Balaban J connectivity index is 0.000000338. The van der Waals surface area contributed by atoms with Gasteiger partial charge in [-0.1, -0.05) is 56.0 Å². The first-order valence-corrected chi connectivity index (χ1v) is 8.51. The molecule has 1 aliphatic carbocycles. The fourth-order valence-electron chi connectivity index (χ4n) is 3.99. The second-order valence-electron chi connectivity index (χ2n) is 6.47. The van der Waals surface area contributed by atoms with Gasteiger partial charge in [0.2, 0.25) is 0 Å². The van der Waals surface area contributed by atoms with Crippen LogP contribution in [-0.2, 0) is 5.54 Å². The smallest absolute Gasteiger partial charge is 0.308 e. The van der Waals surface area contributed by atoms with E-state index in [0.717, 1.165) is 0 Å².